The molecule has 0 spiro atoms. The molecule has 8 heteroatoms. The number of rotatable bonds is 3. The molecule has 2 aromatic carbocycles. The van der Waals surface area contributed by atoms with Crippen molar-refractivity contribution in [3.8, 4) is 5.75 Å². The van der Waals surface area contributed by atoms with Gasteiger partial charge >= 0.3 is 12.6 Å². The Hall–Kier alpha value is -3.29. The Kier molecular flexibility index (Phi) is 3.95. The summed E-state index contributed by atoms with van der Waals surface area (Å²) in [5.74, 6) is -2.02. The second-order valence-electron chi connectivity index (χ2n) is 4.87. The Morgan fingerprint density at radius 1 is 0.958 bits per heavy atom. The summed E-state index contributed by atoms with van der Waals surface area (Å²) in [6.45, 7) is -3.07. The van der Waals surface area contributed by atoms with E-state index in [1.54, 1.807) is 30.3 Å². The molecule has 1 fully saturated rings. The van der Waals surface area contributed by atoms with Crippen LogP contribution in [0.2, 0.25) is 0 Å². The Balaban J connectivity index is 2.19. The van der Waals surface area contributed by atoms with Crippen LogP contribution >= 0.6 is 0 Å². The van der Waals surface area contributed by atoms with Crippen LogP contribution in [0.3, 0.4) is 0 Å². The molecule has 1 aliphatic rings. The van der Waals surface area contributed by atoms with E-state index in [4.69, 9.17) is 0 Å². The first-order chi connectivity index (χ1) is 11.5. The van der Waals surface area contributed by atoms with Crippen LogP contribution in [0.25, 0.3) is 16.8 Å². The van der Waals surface area contributed by atoms with Crippen LogP contribution in [0.4, 0.5) is 13.6 Å². The van der Waals surface area contributed by atoms with E-state index in [0.29, 0.717) is 10.8 Å². The molecule has 1 aliphatic heterocycles. The Morgan fingerprint density at radius 3 is 2.29 bits per heavy atom. The fourth-order valence-corrected chi connectivity index (χ4v) is 2.37. The molecule has 24 heavy (non-hydrogen) atoms. The van der Waals surface area contributed by atoms with Crippen molar-refractivity contribution in [2.24, 2.45) is 0 Å². The third-order valence-corrected chi connectivity index (χ3v) is 3.38. The van der Waals surface area contributed by atoms with E-state index in [1.165, 1.54) is 6.07 Å². The molecule has 0 aliphatic carbocycles. The molecule has 2 aromatic rings. The molecule has 0 saturated carbocycles. The first-order valence-electron chi connectivity index (χ1n) is 6.80. The van der Waals surface area contributed by atoms with Crippen molar-refractivity contribution >= 4 is 34.7 Å². The van der Waals surface area contributed by atoms with Gasteiger partial charge in [-0.25, -0.2) is 4.79 Å². The van der Waals surface area contributed by atoms with Gasteiger partial charge in [0.2, 0.25) is 0 Å². The summed E-state index contributed by atoms with van der Waals surface area (Å²) in [6, 6.07) is 8.79. The highest BCUT2D eigenvalue weighted by Gasteiger charge is 2.28. The smallest absolute Gasteiger partial charge is 0.387 e. The minimum Gasteiger partial charge on any atom is -0.434 e. The maximum Gasteiger partial charge on any atom is 0.387 e. The normalized spacial score (nSPS) is 14.6. The zero-order chi connectivity index (χ0) is 17.3. The largest absolute Gasteiger partial charge is 0.434 e. The van der Waals surface area contributed by atoms with E-state index in [2.05, 4.69) is 4.74 Å². The van der Waals surface area contributed by atoms with E-state index in [-0.39, 0.29) is 16.9 Å². The van der Waals surface area contributed by atoms with Gasteiger partial charge in [-0.05, 0) is 22.9 Å². The number of fused-ring (bicyclic) bond motifs is 1. The highest BCUT2D eigenvalue weighted by molar-refractivity contribution is 6.31. The lowest BCUT2D eigenvalue weighted by atomic mass is 10.00. The predicted molar refractivity (Wildman–Crippen MR) is 80.2 cm³/mol. The topological polar surface area (TPSA) is 84.5 Å². The van der Waals surface area contributed by atoms with Gasteiger partial charge in [-0.3, -0.25) is 20.2 Å². The lowest BCUT2D eigenvalue weighted by molar-refractivity contribution is -0.123. The number of ether oxygens (including phenoxy) is 1. The second kappa shape index (κ2) is 6.07. The zero-order valence-corrected chi connectivity index (χ0v) is 12.0. The van der Waals surface area contributed by atoms with Gasteiger partial charge < -0.3 is 4.74 Å². The van der Waals surface area contributed by atoms with Crippen molar-refractivity contribution < 1.29 is 27.9 Å². The van der Waals surface area contributed by atoms with E-state index in [9.17, 15) is 23.2 Å². The van der Waals surface area contributed by atoms with Crippen LogP contribution in [0.1, 0.15) is 5.56 Å². The van der Waals surface area contributed by atoms with Gasteiger partial charge in [0.15, 0.2) is 0 Å². The maximum absolute atomic E-state index is 12.6. The van der Waals surface area contributed by atoms with Crippen molar-refractivity contribution in [2.75, 3.05) is 0 Å². The SMILES string of the molecule is O=C1NC(=O)C(=Cc2c(OC(F)F)ccc3ccccc23)C(=O)N1. The van der Waals surface area contributed by atoms with Gasteiger partial charge in [-0.15, -0.1) is 0 Å². The summed E-state index contributed by atoms with van der Waals surface area (Å²) in [7, 11) is 0. The van der Waals surface area contributed by atoms with Gasteiger partial charge in [0.1, 0.15) is 11.3 Å². The average Bonchev–Trinajstić information content (AvgIpc) is 2.51. The first-order valence-corrected chi connectivity index (χ1v) is 6.80. The summed E-state index contributed by atoms with van der Waals surface area (Å²) in [5.41, 5.74) is -0.242. The van der Waals surface area contributed by atoms with Crippen molar-refractivity contribution in [3.05, 3.63) is 47.5 Å². The molecule has 6 nitrogen and oxygen atoms in total. The lowest BCUT2D eigenvalue weighted by Crippen LogP contribution is -2.51. The number of hydrogen-bond acceptors (Lipinski definition) is 4. The van der Waals surface area contributed by atoms with Crippen molar-refractivity contribution in [1.29, 1.82) is 0 Å². The van der Waals surface area contributed by atoms with Crippen LogP contribution in [0.5, 0.6) is 5.75 Å². The Morgan fingerprint density at radius 2 is 1.62 bits per heavy atom. The highest BCUT2D eigenvalue weighted by atomic mass is 19.3. The molecule has 2 N–H and O–H groups in total. The highest BCUT2D eigenvalue weighted by Crippen LogP contribution is 2.31. The number of alkyl halides is 2. The number of carbonyl (C=O) groups is 3. The Labute approximate surface area is 134 Å². The Bertz CT molecular complexity index is 871. The van der Waals surface area contributed by atoms with Crippen LogP contribution in [-0.2, 0) is 9.59 Å². The van der Waals surface area contributed by atoms with E-state index >= 15 is 0 Å². The third-order valence-electron chi connectivity index (χ3n) is 3.38. The lowest BCUT2D eigenvalue weighted by Gasteiger charge is -2.16. The van der Waals surface area contributed by atoms with Crippen molar-refractivity contribution in [3.63, 3.8) is 0 Å². The van der Waals surface area contributed by atoms with Gasteiger partial charge in [0.05, 0.1) is 0 Å². The number of halogens is 2. The number of carbonyl (C=O) groups excluding carboxylic acids is 3. The van der Waals surface area contributed by atoms with E-state index < -0.39 is 24.5 Å². The molecular formula is C16H10F2N2O4. The molecule has 0 atom stereocenters. The zero-order valence-electron chi connectivity index (χ0n) is 12.0. The van der Waals surface area contributed by atoms with Crippen LogP contribution in [-0.4, -0.2) is 24.5 Å². The molecule has 122 valence electrons. The minimum absolute atomic E-state index is 0.142. The fraction of sp³-hybridized carbons (Fsp3) is 0.0625. The standard InChI is InChI=1S/C16H10F2N2O4/c17-15(18)24-12-6-5-8-3-1-2-4-9(8)10(12)7-11-13(21)19-16(23)20-14(11)22/h1-7,15H,(H2,19,20,21,22,23). The monoisotopic (exact) mass is 332 g/mol. The molecule has 0 unspecified atom stereocenters. The second-order valence-corrected chi connectivity index (χ2v) is 4.87. The molecule has 1 saturated heterocycles. The van der Waals surface area contributed by atoms with Crippen molar-refractivity contribution in [2.45, 2.75) is 6.61 Å². The summed E-state index contributed by atoms with van der Waals surface area (Å²) >= 11 is 0. The average molecular weight is 332 g/mol. The van der Waals surface area contributed by atoms with Crippen LogP contribution in [0.15, 0.2) is 42.0 Å². The van der Waals surface area contributed by atoms with Crippen LogP contribution in [0, 0.1) is 0 Å². The first kappa shape index (κ1) is 15.6. The van der Waals surface area contributed by atoms with E-state index in [0.717, 1.165) is 6.08 Å². The van der Waals surface area contributed by atoms with E-state index in [1.807, 2.05) is 10.6 Å². The molecule has 3 rings (SSSR count). The molecule has 0 bridgehead atoms. The van der Waals surface area contributed by atoms with Gasteiger partial charge in [0.25, 0.3) is 11.8 Å². The number of nitrogens with one attached hydrogen (secondary N) is 2. The maximum atomic E-state index is 12.6. The van der Waals surface area contributed by atoms with Gasteiger partial charge in [-0.2, -0.15) is 8.78 Å². The van der Waals surface area contributed by atoms with Gasteiger partial charge in [-0.1, -0.05) is 30.3 Å². The number of hydrogen-bond donors (Lipinski definition) is 2. The molecule has 0 radical (unpaired) electrons. The molecule has 0 aromatic heterocycles. The number of imide groups is 2. The summed E-state index contributed by atoms with van der Waals surface area (Å²) in [5, 5.41) is 5.06. The number of barbiturate groups is 1. The fourth-order valence-electron chi connectivity index (χ4n) is 2.37. The third kappa shape index (κ3) is 2.94. The summed E-state index contributed by atoms with van der Waals surface area (Å²) in [4.78, 5) is 34.8. The molecular weight excluding hydrogens is 322 g/mol. The summed E-state index contributed by atoms with van der Waals surface area (Å²) in [6.07, 6.45) is 1.12. The van der Waals surface area contributed by atoms with Crippen LogP contribution < -0.4 is 15.4 Å². The quantitative estimate of drug-likeness (QED) is 0.666. The predicted octanol–water partition coefficient (Wildman–Crippen LogP) is 2.19. The van der Waals surface area contributed by atoms with Gasteiger partial charge in [0, 0.05) is 5.56 Å². The number of urea groups is 1. The van der Waals surface area contributed by atoms with Crippen molar-refractivity contribution in [1.82, 2.24) is 10.6 Å². The molecule has 4 amide bonds. The summed E-state index contributed by atoms with van der Waals surface area (Å²) < 4.78 is 29.8. The number of benzene rings is 2. The molecule has 1 heterocycles. The number of amides is 4. The minimum atomic E-state index is -3.07.